The first-order valence-electron chi connectivity index (χ1n) is 21.8. The fraction of sp³-hybridized carbons (Fsp3) is 0.426. The van der Waals surface area contributed by atoms with Gasteiger partial charge in [-0.2, -0.15) is 0 Å². The number of pyridine rings is 1. The number of morpholine rings is 1. The molecule has 14 nitrogen and oxygen atoms in total. The van der Waals surface area contributed by atoms with Crippen LogP contribution in [-0.4, -0.2) is 111 Å². The Balaban J connectivity index is 0.886. The number of carbonyl (C=O) groups excluding carboxylic acids is 4. The van der Waals surface area contributed by atoms with Crippen molar-refractivity contribution in [3.63, 3.8) is 0 Å². The third-order valence-electron chi connectivity index (χ3n) is 12.4. The minimum atomic E-state index is -1.39. The molecule has 2 aromatic heterocycles. The molecule has 3 amide bonds. The number of ether oxygens (including phenoxy) is 1. The zero-order valence-electron chi connectivity index (χ0n) is 35.3. The number of benzene rings is 3. The molecule has 3 N–H and O–H groups in total. The lowest BCUT2D eigenvalue weighted by atomic mass is 9.90. The molecule has 0 bridgehead atoms. The molecule has 0 spiro atoms. The molecule has 8 rings (SSSR count). The molecule has 2 fully saturated rings. The number of hydrogen-bond acceptors (Lipinski definition) is 10. The number of hydrogen-bond donors (Lipinski definition) is 3. The Labute approximate surface area is 372 Å². The molecule has 1 atom stereocenters. The highest BCUT2D eigenvalue weighted by molar-refractivity contribution is 6.36. The van der Waals surface area contributed by atoms with Gasteiger partial charge in [0, 0.05) is 86.8 Å². The van der Waals surface area contributed by atoms with Crippen molar-refractivity contribution in [2.45, 2.75) is 82.4 Å². The molecule has 2 saturated heterocycles. The Kier molecular flexibility index (Phi) is 13.8. The Morgan fingerprint density at radius 3 is 2.36 bits per heavy atom. The van der Waals surface area contributed by atoms with Gasteiger partial charge >= 0.3 is 0 Å². The second-order valence-corrected chi connectivity index (χ2v) is 17.4. The van der Waals surface area contributed by atoms with E-state index in [9.17, 15) is 37.9 Å². The van der Waals surface area contributed by atoms with Crippen molar-refractivity contribution in [1.29, 1.82) is 0 Å². The van der Waals surface area contributed by atoms with E-state index < -0.39 is 35.1 Å². The van der Waals surface area contributed by atoms with Crippen molar-refractivity contribution in [2.75, 3.05) is 51.3 Å². The number of piperidine rings is 1. The van der Waals surface area contributed by atoms with Crippen molar-refractivity contribution < 1.29 is 37.8 Å². The van der Waals surface area contributed by atoms with Gasteiger partial charge in [0.05, 0.1) is 53.1 Å². The molecule has 64 heavy (non-hydrogen) atoms. The van der Waals surface area contributed by atoms with Gasteiger partial charge in [0.15, 0.2) is 5.78 Å². The highest BCUT2D eigenvalue weighted by Gasteiger charge is 2.37. The van der Waals surface area contributed by atoms with Crippen molar-refractivity contribution in [3.05, 3.63) is 110 Å². The number of likely N-dealkylation sites (tertiary alicyclic amines) is 1. The molecule has 3 aliphatic rings. The number of rotatable bonds is 14. The molecule has 17 heteroatoms. The molecule has 3 aromatic carbocycles. The lowest BCUT2D eigenvalue weighted by molar-refractivity contribution is -0.140. The SMILES string of the molecule is O=C(CCN1CCOCC1)Nc1ccc2c(=O)n(CC3(O)CCN(C(=O)[C@H](Cc4cc(F)cc(F)c4)NC(=O)CCC(=O)c4ccc5c(Cl)c6c(nc5c4)CCCC6)CC3)cnc2c1. The van der Waals surface area contributed by atoms with Gasteiger partial charge in [0.25, 0.3) is 5.56 Å². The van der Waals surface area contributed by atoms with E-state index in [2.05, 4.69) is 20.5 Å². The van der Waals surface area contributed by atoms with Gasteiger partial charge in [-0.1, -0.05) is 23.7 Å². The first kappa shape index (κ1) is 44.9. The summed E-state index contributed by atoms with van der Waals surface area (Å²) in [6, 6.07) is 11.6. The number of nitrogens with zero attached hydrogens (tertiary/aromatic N) is 5. The van der Waals surface area contributed by atoms with Gasteiger partial charge in [0.2, 0.25) is 17.7 Å². The number of anilines is 1. The largest absolute Gasteiger partial charge is 0.388 e. The summed E-state index contributed by atoms with van der Waals surface area (Å²) < 4.78 is 35.2. The van der Waals surface area contributed by atoms with Crippen LogP contribution in [0, 0.1) is 11.6 Å². The summed E-state index contributed by atoms with van der Waals surface area (Å²) in [6.07, 6.45) is 4.90. The Bertz CT molecular complexity index is 2640. The lowest BCUT2D eigenvalue weighted by Gasteiger charge is -2.39. The maximum atomic E-state index is 14.2. The second-order valence-electron chi connectivity index (χ2n) is 17.0. The molecule has 5 aromatic rings. The molecular formula is C47H50ClF2N7O7. The van der Waals surface area contributed by atoms with Crippen LogP contribution in [0.4, 0.5) is 14.5 Å². The molecule has 0 unspecified atom stereocenters. The summed E-state index contributed by atoms with van der Waals surface area (Å²) in [5, 5.41) is 18.9. The monoisotopic (exact) mass is 897 g/mol. The van der Waals surface area contributed by atoms with E-state index >= 15 is 0 Å². The molecule has 2 aliphatic heterocycles. The number of aromatic nitrogens is 3. The first-order valence-corrected chi connectivity index (χ1v) is 22.2. The van der Waals surface area contributed by atoms with E-state index in [0.29, 0.717) is 64.9 Å². The van der Waals surface area contributed by atoms with Crippen molar-refractivity contribution in [3.8, 4) is 0 Å². The third-order valence-corrected chi connectivity index (χ3v) is 12.9. The van der Waals surface area contributed by atoms with Gasteiger partial charge in [-0.15, -0.1) is 0 Å². The molecular weight excluding hydrogens is 848 g/mol. The fourth-order valence-corrected chi connectivity index (χ4v) is 9.20. The number of aliphatic hydroxyl groups is 1. The van der Waals surface area contributed by atoms with Crippen LogP contribution in [0.15, 0.2) is 65.7 Å². The number of aryl methyl sites for hydroxylation is 1. The van der Waals surface area contributed by atoms with Crippen molar-refractivity contribution in [1.82, 2.24) is 29.7 Å². The molecule has 4 heterocycles. The number of Topliss-reactive ketones (excluding diaryl/α,β-unsaturated/α-hetero) is 1. The Morgan fingerprint density at radius 1 is 0.859 bits per heavy atom. The summed E-state index contributed by atoms with van der Waals surface area (Å²) in [5.41, 5.74) is 2.22. The van der Waals surface area contributed by atoms with Gasteiger partial charge in [0.1, 0.15) is 17.7 Å². The van der Waals surface area contributed by atoms with Crippen LogP contribution in [0.2, 0.25) is 5.02 Å². The Morgan fingerprint density at radius 2 is 1.59 bits per heavy atom. The summed E-state index contributed by atoms with van der Waals surface area (Å²) >= 11 is 6.72. The van der Waals surface area contributed by atoms with Gasteiger partial charge in [-0.3, -0.25) is 38.4 Å². The van der Waals surface area contributed by atoms with Crippen LogP contribution in [0.1, 0.15) is 72.1 Å². The molecule has 336 valence electrons. The standard InChI is InChI=1S/C47H50ClF2N7O7/c48-44-34-3-1-2-4-37(34)53-39-24-30(5-7-35(39)44)41(58)9-10-42(59)54-40(23-29-21-31(49)25-32(50)22-29)46(62)56-15-12-47(63,13-16-56)27-57-28-51-38-26-33(6-8-36(38)45(57)61)52-43(60)11-14-55-17-19-64-20-18-55/h5-8,21-22,24-26,28,40,63H,1-4,9-20,23,27H2,(H,52,60)(H,54,59)/t40-/m0/s1. The summed E-state index contributed by atoms with van der Waals surface area (Å²) in [6.45, 7) is 3.49. The third kappa shape index (κ3) is 10.6. The maximum absolute atomic E-state index is 14.2. The van der Waals surface area contributed by atoms with E-state index in [0.717, 1.165) is 67.5 Å². The highest BCUT2D eigenvalue weighted by Crippen LogP contribution is 2.33. The molecule has 0 saturated carbocycles. The molecule has 1 aliphatic carbocycles. The minimum absolute atomic E-state index is 0.0608. The normalized spacial score (nSPS) is 16.9. The second kappa shape index (κ2) is 19.6. The van der Waals surface area contributed by atoms with Crippen LogP contribution in [0.3, 0.4) is 0 Å². The smallest absolute Gasteiger partial charge is 0.261 e. The summed E-state index contributed by atoms with van der Waals surface area (Å²) in [4.78, 5) is 79.8. The van der Waals surface area contributed by atoms with Crippen molar-refractivity contribution in [2.24, 2.45) is 0 Å². The Hall–Kier alpha value is -5.68. The van der Waals surface area contributed by atoms with E-state index in [1.165, 1.54) is 15.8 Å². The van der Waals surface area contributed by atoms with E-state index in [-0.39, 0.29) is 74.6 Å². The molecule has 0 radical (unpaired) electrons. The van der Waals surface area contributed by atoms with Crippen LogP contribution in [0.25, 0.3) is 21.8 Å². The summed E-state index contributed by atoms with van der Waals surface area (Å²) in [7, 11) is 0. The van der Waals surface area contributed by atoms with Gasteiger partial charge in [-0.25, -0.2) is 13.8 Å². The lowest BCUT2D eigenvalue weighted by Crippen LogP contribution is -2.55. The van der Waals surface area contributed by atoms with Crippen LogP contribution >= 0.6 is 11.6 Å². The van der Waals surface area contributed by atoms with Crippen molar-refractivity contribution >= 4 is 62.6 Å². The minimum Gasteiger partial charge on any atom is -0.388 e. The maximum Gasteiger partial charge on any atom is 0.261 e. The number of nitrogens with one attached hydrogen (secondary N) is 2. The number of amides is 3. The van der Waals surface area contributed by atoms with Gasteiger partial charge in [-0.05, 0) is 86.1 Å². The highest BCUT2D eigenvalue weighted by atomic mass is 35.5. The van der Waals surface area contributed by atoms with E-state index in [1.807, 2.05) is 0 Å². The quantitative estimate of drug-likeness (QED) is 0.126. The number of halogens is 3. The van der Waals surface area contributed by atoms with Gasteiger partial charge < -0.3 is 25.4 Å². The van der Waals surface area contributed by atoms with E-state index in [1.54, 1.807) is 36.4 Å². The summed E-state index contributed by atoms with van der Waals surface area (Å²) in [5.74, 6) is -3.27. The topological polar surface area (TPSA) is 176 Å². The number of fused-ring (bicyclic) bond motifs is 3. The van der Waals surface area contributed by atoms with Crippen LogP contribution in [0.5, 0.6) is 0 Å². The van der Waals surface area contributed by atoms with Crippen LogP contribution < -0.4 is 16.2 Å². The van der Waals surface area contributed by atoms with E-state index in [4.69, 9.17) is 21.3 Å². The average molecular weight is 898 g/mol. The fourth-order valence-electron chi connectivity index (χ4n) is 8.84. The van der Waals surface area contributed by atoms with Crippen LogP contribution in [-0.2, 0) is 44.9 Å². The number of carbonyl (C=O) groups is 4. The predicted octanol–water partition coefficient (Wildman–Crippen LogP) is 5.16. The average Bonchev–Trinajstić information content (AvgIpc) is 3.28. The zero-order valence-corrected chi connectivity index (χ0v) is 36.1. The first-order chi connectivity index (χ1) is 30.8. The zero-order chi connectivity index (χ0) is 45.0. The number of ketones is 1. The predicted molar refractivity (Wildman–Crippen MR) is 236 cm³/mol.